The zero-order chi connectivity index (χ0) is 33.7. The van der Waals surface area contributed by atoms with Gasteiger partial charge >= 0.3 is 24.3 Å². The highest BCUT2D eigenvalue weighted by Crippen LogP contribution is 2.33. The highest BCUT2D eigenvalue weighted by atomic mass is 19.4. The maximum atomic E-state index is 12.4. The Morgan fingerprint density at radius 2 is 1.64 bits per heavy atom. The van der Waals surface area contributed by atoms with Crippen molar-refractivity contribution >= 4 is 40.3 Å². The van der Waals surface area contributed by atoms with Crippen LogP contribution in [0, 0.1) is 5.92 Å². The highest BCUT2D eigenvalue weighted by molar-refractivity contribution is 6.02. The number of hydrogen-bond acceptors (Lipinski definition) is 8. The Morgan fingerprint density at radius 3 is 2.16 bits per heavy atom. The van der Waals surface area contributed by atoms with Gasteiger partial charge in [-0.2, -0.15) is 31.4 Å². The van der Waals surface area contributed by atoms with Crippen molar-refractivity contribution in [2.24, 2.45) is 13.0 Å². The van der Waals surface area contributed by atoms with E-state index >= 15 is 0 Å². The number of hydrogen-bond donors (Lipinski definition) is 4. The van der Waals surface area contributed by atoms with Gasteiger partial charge in [-0.3, -0.25) is 24.5 Å². The maximum absolute atomic E-state index is 12.4. The summed E-state index contributed by atoms with van der Waals surface area (Å²) in [5.41, 5.74) is 3.01. The van der Waals surface area contributed by atoms with Crippen LogP contribution in [-0.4, -0.2) is 106 Å². The Balaban J connectivity index is 0.000000331. The van der Waals surface area contributed by atoms with Crippen LogP contribution in [0.1, 0.15) is 37.8 Å². The monoisotopic (exact) mass is 652 g/mol. The number of aliphatic carboxylic acids is 2. The molecule has 3 aliphatic rings. The molecule has 3 saturated heterocycles. The molecule has 0 saturated carbocycles. The zero-order valence-electron chi connectivity index (χ0n) is 24.4. The standard InChI is InChI=1S/C23H32N6O2.2C2HF3O2/c1-15-13-29(10-9-28(15)14-16-7-8-24-12-16)17-3-4-18-20(11-17)27(2)26-22(18)19-5-6-21(30)25-23(19)31;2*3-2(4,5)1(6)7/h3-4,11,15-16,19,24H,5-10,12-14H2,1-2H3,(H,25,30,31);2*(H,6,7)/t15-,16+,19?;;/m0../s1. The molecule has 12 nitrogen and oxygen atoms in total. The van der Waals surface area contributed by atoms with E-state index in [4.69, 9.17) is 19.8 Å². The third-order valence-corrected chi connectivity index (χ3v) is 7.70. The van der Waals surface area contributed by atoms with Crippen LogP contribution in [0.15, 0.2) is 18.2 Å². The van der Waals surface area contributed by atoms with E-state index in [1.807, 2.05) is 11.7 Å². The molecule has 0 radical (unpaired) electrons. The lowest BCUT2D eigenvalue weighted by atomic mass is 9.93. The van der Waals surface area contributed by atoms with E-state index < -0.39 is 24.3 Å². The summed E-state index contributed by atoms with van der Waals surface area (Å²) in [4.78, 5) is 46.8. The molecule has 3 atom stereocenters. The number of halogens is 6. The molecule has 3 aliphatic heterocycles. The van der Waals surface area contributed by atoms with Gasteiger partial charge in [0, 0.05) is 56.8 Å². The van der Waals surface area contributed by atoms with E-state index in [1.165, 1.54) is 18.7 Å². The fourth-order valence-electron chi connectivity index (χ4n) is 5.39. The SMILES string of the molecule is C[C@H]1CN(c2ccc3c(C4CCC(=O)NC4=O)nn(C)c3c2)CCN1C[C@@H]1CCNC1.O=C(O)C(F)(F)F.O=C(O)C(F)(F)F. The fourth-order valence-corrected chi connectivity index (χ4v) is 5.39. The number of imide groups is 1. The predicted molar refractivity (Wildman–Crippen MR) is 147 cm³/mol. The van der Waals surface area contributed by atoms with E-state index in [1.54, 1.807) is 0 Å². The molecule has 0 spiro atoms. The van der Waals surface area contributed by atoms with Gasteiger partial charge in [-0.15, -0.1) is 0 Å². The molecule has 1 aromatic carbocycles. The number of carbonyl (C=O) groups excluding carboxylic acids is 2. The number of nitrogens with zero attached hydrogens (tertiary/aromatic N) is 4. The molecule has 2 aromatic rings. The molecule has 1 aromatic heterocycles. The van der Waals surface area contributed by atoms with Crippen LogP contribution in [-0.2, 0) is 26.2 Å². The Bertz CT molecular complexity index is 1370. The first-order valence-corrected chi connectivity index (χ1v) is 14.0. The van der Waals surface area contributed by atoms with Crippen molar-refractivity contribution in [2.45, 2.75) is 50.5 Å². The average Bonchev–Trinajstić information content (AvgIpc) is 3.57. The largest absolute Gasteiger partial charge is 0.490 e. The number of benzene rings is 1. The van der Waals surface area contributed by atoms with Crippen LogP contribution >= 0.6 is 0 Å². The fraction of sp³-hybridized carbons (Fsp3) is 0.593. The molecule has 18 heteroatoms. The number of rotatable bonds is 4. The number of carboxylic acid groups (broad SMARTS) is 2. The van der Waals surface area contributed by atoms with Gasteiger partial charge in [-0.05, 0) is 57.0 Å². The van der Waals surface area contributed by atoms with E-state index in [9.17, 15) is 35.9 Å². The van der Waals surface area contributed by atoms with E-state index in [-0.39, 0.29) is 17.7 Å². The minimum Gasteiger partial charge on any atom is -0.475 e. The van der Waals surface area contributed by atoms with E-state index in [0.717, 1.165) is 55.2 Å². The first-order chi connectivity index (χ1) is 20.9. The minimum atomic E-state index is -5.08. The Morgan fingerprint density at radius 1 is 1.02 bits per heavy atom. The number of piperidine rings is 1. The molecule has 5 rings (SSSR count). The maximum Gasteiger partial charge on any atom is 0.490 e. The molecular formula is C27H34F6N6O6. The van der Waals surface area contributed by atoms with Crippen molar-refractivity contribution < 1.29 is 55.7 Å². The van der Waals surface area contributed by atoms with Crippen LogP contribution in [0.25, 0.3) is 10.9 Å². The van der Waals surface area contributed by atoms with Crippen molar-refractivity contribution in [3.63, 3.8) is 0 Å². The van der Waals surface area contributed by atoms with Crippen molar-refractivity contribution in [1.82, 2.24) is 25.3 Å². The number of aryl methyl sites for hydroxylation is 1. The first-order valence-electron chi connectivity index (χ1n) is 14.0. The summed E-state index contributed by atoms with van der Waals surface area (Å²) in [5, 5.41) is 25.9. The van der Waals surface area contributed by atoms with Crippen LogP contribution in [0.2, 0.25) is 0 Å². The van der Waals surface area contributed by atoms with Crippen molar-refractivity contribution in [2.75, 3.05) is 44.2 Å². The third-order valence-electron chi connectivity index (χ3n) is 7.70. The van der Waals surface area contributed by atoms with Crippen molar-refractivity contribution in [3.05, 3.63) is 23.9 Å². The van der Waals surface area contributed by atoms with Gasteiger partial charge in [0.2, 0.25) is 11.8 Å². The van der Waals surface area contributed by atoms with Crippen LogP contribution in [0.5, 0.6) is 0 Å². The van der Waals surface area contributed by atoms with Gasteiger partial charge in [-0.25, -0.2) is 9.59 Å². The van der Waals surface area contributed by atoms with Crippen LogP contribution in [0.4, 0.5) is 32.0 Å². The summed E-state index contributed by atoms with van der Waals surface area (Å²) in [5.74, 6) is -5.52. The molecule has 0 aliphatic carbocycles. The number of carboxylic acids is 2. The van der Waals surface area contributed by atoms with Gasteiger partial charge in [0.15, 0.2) is 0 Å². The topological polar surface area (TPSA) is 157 Å². The third kappa shape index (κ3) is 9.53. The van der Waals surface area contributed by atoms with Gasteiger partial charge in [-0.1, -0.05) is 0 Å². The minimum absolute atomic E-state index is 0.193. The lowest BCUT2D eigenvalue weighted by Crippen LogP contribution is -2.53. The summed E-state index contributed by atoms with van der Waals surface area (Å²) in [7, 11) is 1.93. The molecule has 0 bridgehead atoms. The molecule has 3 fully saturated rings. The summed E-state index contributed by atoms with van der Waals surface area (Å²) < 4.78 is 65.3. The molecule has 45 heavy (non-hydrogen) atoms. The second-order valence-electron chi connectivity index (χ2n) is 11.0. The average molecular weight is 653 g/mol. The lowest BCUT2D eigenvalue weighted by molar-refractivity contribution is -0.193. The first kappa shape index (κ1) is 35.5. The summed E-state index contributed by atoms with van der Waals surface area (Å²) >= 11 is 0. The Labute approximate surface area is 253 Å². The van der Waals surface area contributed by atoms with E-state index in [2.05, 4.69) is 50.7 Å². The number of aromatic nitrogens is 2. The van der Waals surface area contributed by atoms with E-state index in [0.29, 0.717) is 18.9 Å². The number of amides is 2. The second kappa shape index (κ2) is 14.4. The van der Waals surface area contributed by atoms with Gasteiger partial charge in [0.05, 0.1) is 17.1 Å². The number of alkyl halides is 6. The molecule has 250 valence electrons. The number of fused-ring (bicyclic) bond motifs is 1. The second-order valence-corrected chi connectivity index (χ2v) is 11.0. The number of nitrogens with one attached hydrogen (secondary N) is 2. The predicted octanol–water partition coefficient (Wildman–Crippen LogP) is 2.48. The van der Waals surface area contributed by atoms with Crippen molar-refractivity contribution in [3.8, 4) is 0 Å². The normalized spacial score (nSPS) is 22.7. The highest BCUT2D eigenvalue weighted by Gasteiger charge is 2.39. The summed E-state index contributed by atoms with van der Waals surface area (Å²) in [6.07, 6.45) is -7.99. The number of carbonyl (C=O) groups is 4. The molecule has 1 unspecified atom stereocenters. The zero-order valence-corrected chi connectivity index (χ0v) is 24.4. The molecule has 4 heterocycles. The lowest BCUT2D eigenvalue weighted by Gasteiger charge is -2.42. The number of piperazine rings is 1. The number of anilines is 1. The Kier molecular flexibility index (Phi) is 11.4. The van der Waals surface area contributed by atoms with Gasteiger partial charge < -0.3 is 20.4 Å². The van der Waals surface area contributed by atoms with Crippen LogP contribution in [0.3, 0.4) is 0 Å². The summed E-state index contributed by atoms with van der Waals surface area (Å²) in [6, 6.07) is 6.97. The van der Waals surface area contributed by atoms with Crippen molar-refractivity contribution in [1.29, 1.82) is 0 Å². The smallest absolute Gasteiger partial charge is 0.475 e. The quantitative estimate of drug-likeness (QED) is 0.286. The van der Waals surface area contributed by atoms with Gasteiger partial charge in [0.1, 0.15) is 0 Å². The summed E-state index contributed by atoms with van der Waals surface area (Å²) in [6.45, 7) is 8.96. The molecule has 2 amide bonds. The molecule has 4 N–H and O–H groups in total. The Hall–Kier alpha value is -3.93. The van der Waals surface area contributed by atoms with Crippen LogP contribution < -0.4 is 15.5 Å². The molecular weight excluding hydrogens is 618 g/mol. The van der Waals surface area contributed by atoms with Gasteiger partial charge in [0.25, 0.3) is 0 Å².